The highest BCUT2D eigenvalue weighted by atomic mass is 16.7. The van der Waals surface area contributed by atoms with Crippen molar-refractivity contribution < 1.29 is 19.1 Å². The van der Waals surface area contributed by atoms with Crippen molar-refractivity contribution in [2.75, 3.05) is 20.4 Å². The number of benzene rings is 2. The van der Waals surface area contributed by atoms with Crippen LogP contribution in [0.3, 0.4) is 0 Å². The molecule has 0 saturated heterocycles. The fourth-order valence-electron chi connectivity index (χ4n) is 3.16. The van der Waals surface area contributed by atoms with Gasteiger partial charge in [-0.25, -0.2) is 0 Å². The first kappa shape index (κ1) is 16.2. The largest absolute Gasteiger partial charge is 0.454 e. The second-order valence-corrected chi connectivity index (χ2v) is 6.32. The molecule has 0 fully saturated rings. The van der Waals surface area contributed by atoms with Gasteiger partial charge in [-0.15, -0.1) is 0 Å². The summed E-state index contributed by atoms with van der Waals surface area (Å²) in [6, 6.07) is 12.9. The van der Waals surface area contributed by atoms with Gasteiger partial charge < -0.3 is 14.4 Å². The number of carbonyl (C=O) groups is 2. The van der Waals surface area contributed by atoms with Gasteiger partial charge in [-0.05, 0) is 23.8 Å². The van der Waals surface area contributed by atoms with Crippen LogP contribution in [0.4, 0.5) is 0 Å². The Balaban J connectivity index is 1.44. The van der Waals surface area contributed by atoms with Gasteiger partial charge in [-0.2, -0.15) is 0 Å². The first-order valence-corrected chi connectivity index (χ1v) is 8.27. The lowest BCUT2D eigenvalue weighted by Crippen LogP contribution is -2.37. The van der Waals surface area contributed by atoms with Crippen LogP contribution in [-0.4, -0.2) is 42.0 Å². The van der Waals surface area contributed by atoms with Gasteiger partial charge in [0.25, 0.3) is 5.91 Å². The number of hydrogen-bond donors (Lipinski definition) is 0. The van der Waals surface area contributed by atoms with Gasteiger partial charge in [0.15, 0.2) is 11.5 Å². The van der Waals surface area contributed by atoms with E-state index in [-0.39, 0.29) is 25.2 Å². The molecule has 0 N–H and O–H groups in total. The Morgan fingerprint density at radius 2 is 1.88 bits per heavy atom. The third-order valence-corrected chi connectivity index (χ3v) is 4.62. The van der Waals surface area contributed by atoms with Crippen LogP contribution in [0.1, 0.15) is 21.5 Å². The second-order valence-electron chi connectivity index (χ2n) is 6.32. The minimum absolute atomic E-state index is 0.0343. The first-order chi connectivity index (χ1) is 12.5. The highest BCUT2D eigenvalue weighted by molar-refractivity contribution is 6.10. The Hall–Kier alpha value is -3.28. The number of amides is 2. The zero-order chi connectivity index (χ0) is 18.3. The summed E-state index contributed by atoms with van der Waals surface area (Å²) in [4.78, 5) is 28.1. The number of fused-ring (bicyclic) bond motifs is 2. The minimum atomic E-state index is -0.185. The summed E-state index contributed by atoms with van der Waals surface area (Å²) >= 11 is 0. The predicted octanol–water partition coefficient (Wildman–Crippen LogP) is 2.50. The number of rotatable bonds is 4. The van der Waals surface area contributed by atoms with E-state index in [1.54, 1.807) is 24.1 Å². The summed E-state index contributed by atoms with van der Waals surface area (Å²) in [5.41, 5.74) is 2.86. The Morgan fingerprint density at radius 3 is 2.65 bits per heavy atom. The third kappa shape index (κ3) is 2.69. The smallest absolute Gasteiger partial charge is 0.259 e. The molecule has 2 aliphatic heterocycles. The van der Waals surface area contributed by atoms with Crippen LogP contribution in [-0.2, 0) is 11.3 Å². The van der Waals surface area contributed by atoms with E-state index in [4.69, 9.17) is 9.47 Å². The maximum absolute atomic E-state index is 12.6. The predicted molar refractivity (Wildman–Crippen MR) is 95.6 cm³/mol. The fraction of sp³-hybridized carbons (Fsp3) is 0.200. The molecule has 26 heavy (non-hydrogen) atoms. The van der Waals surface area contributed by atoms with E-state index < -0.39 is 0 Å². The Morgan fingerprint density at radius 1 is 1.15 bits per heavy atom. The molecule has 0 aliphatic carbocycles. The van der Waals surface area contributed by atoms with Crippen molar-refractivity contribution >= 4 is 17.5 Å². The van der Waals surface area contributed by atoms with E-state index in [1.807, 2.05) is 30.3 Å². The molecule has 0 aromatic heterocycles. The van der Waals surface area contributed by atoms with Gasteiger partial charge >= 0.3 is 0 Å². The second kappa shape index (κ2) is 6.22. The van der Waals surface area contributed by atoms with Gasteiger partial charge in [0.2, 0.25) is 12.7 Å². The first-order valence-electron chi connectivity index (χ1n) is 8.27. The van der Waals surface area contributed by atoms with Crippen molar-refractivity contribution in [1.29, 1.82) is 0 Å². The zero-order valence-electron chi connectivity index (χ0n) is 14.4. The number of hydrogen-bond acceptors (Lipinski definition) is 4. The lowest BCUT2D eigenvalue weighted by molar-refractivity contribution is -0.130. The molecule has 2 aromatic carbocycles. The average molecular weight is 350 g/mol. The van der Waals surface area contributed by atoms with E-state index in [0.717, 1.165) is 11.1 Å². The highest BCUT2D eigenvalue weighted by Gasteiger charge is 2.32. The van der Waals surface area contributed by atoms with Crippen molar-refractivity contribution in [2.45, 2.75) is 6.54 Å². The average Bonchev–Trinajstić information content (AvgIpc) is 3.20. The molecule has 0 spiro atoms. The maximum Gasteiger partial charge on any atom is 0.259 e. The molecule has 0 unspecified atom stereocenters. The Bertz CT molecular complexity index is 887. The van der Waals surface area contributed by atoms with Crippen LogP contribution in [0.15, 0.2) is 49.0 Å². The highest BCUT2D eigenvalue weighted by Crippen LogP contribution is 2.33. The van der Waals surface area contributed by atoms with Crippen molar-refractivity contribution in [3.63, 3.8) is 0 Å². The van der Waals surface area contributed by atoms with Gasteiger partial charge in [0.05, 0.1) is 0 Å². The molecule has 6 heteroatoms. The molecule has 6 nitrogen and oxygen atoms in total. The summed E-state index contributed by atoms with van der Waals surface area (Å²) < 4.78 is 10.7. The van der Waals surface area contributed by atoms with E-state index in [0.29, 0.717) is 29.3 Å². The van der Waals surface area contributed by atoms with E-state index >= 15 is 0 Å². The summed E-state index contributed by atoms with van der Waals surface area (Å²) in [6.07, 6.45) is 0. The SMILES string of the molecule is C=C1c2ccccc2C(=O)N1CC(=O)N(C)Cc1ccc2c(c1)OCO2. The van der Waals surface area contributed by atoms with E-state index in [2.05, 4.69) is 6.58 Å². The fourth-order valence-corrected chi connectivity index (χ4v) is 3.16. The summed E-state index contributed by atoms with van der Waals surface area (Å²) in [7, 11) is 1.71. The number of carbonyl (C=O) groups excluding carboxylic acids is 2. The van der Waals surface area contributed by atoms with Crippen LogP contribution in [0.25, 0.3) is 5.70 Å². The molecular formula is C20H18N2O4. The van der Waals surface area contributed by atoms with Crippen LogP contribution in [0.5, 0.6) is 11.5 Å². The number of nitrogens with zero attached hydrogens (tertiary/aromatic N) is 2. The van der Waals surface area contributed by atoms with Crippen LogP contribution in [0.2, 0.25) is 0 Å². The van der Waals surface area contributed by atoms with Gasteiger partial charge in [-0.1, -0.05) is 30.8 Å². The molecule has 0 radical (unpaired) electrons. The standard InChI is InChI=1S/C20H18N2O4/c1-13-15-5-3-4-6-16(15)20(24)22(13)11-19(23)21(2)10-14-7-8-17-18(9-14)26-12-25-17/h3-9H,1,10-12H2,2H3. The summed E-state index contributed by atoms with van der Waals surface area (Å²) in [5, 5.41) is 0. The lowest BCUT2D eigenvalue weighted by Gasteiger charge is -2.22. The van der Waals surface area contributed by atoms with Gasteiger partial charge in [-0.3, -0.25) is 14.5 Å². The molecule has 2 heterocycles. The normalized spacial score (nSPS) is 14.6. The molecule has 0 bridgehead atoms. The number of ether oxygens (including phenoxy) is 2. The lowest BCUT2D eigenvalue weighted by atomic mass is 10.1. The zero-order valence-corrected chi connectivity index (χ0v) is 14.4. The van der Waals surface area contributed by atoms with Crippen LogP contribution < -0.4 is 9.47 Å². The van der Waals surface area contributed by atoms with Gasteiger partial charge in [0.1, 0.15) is 6.54 Å². The van der Waals surface area contributed by atoms with E-state index in [1.165, 1.54) is 4.90 Å². The van der Waals surface area contributed by atoms with E-state index in [9.17, 15) is 9.59 Å². The van der Waals surface area contributed by atoms with Crippen molar-refractivity contribution in [3.8, 4) is 11.5 Å². The molecule has 0 saturated carbocycles. The maximum atomic E-state index is 12.6. The van der Waals surface area contributed by atoms with Crippen LogP contribution >= 0.6 is 0 Å². The summed E-state index contributed by atoms with van der Waals surface area (Å²) in [5.74, 6) is 1.04. The molecule has 0 atom stereocenters. The van der Waals surface area contributed by atoms with Gasteiger partial charge in [0, 0.05) is 30.4 Å². The quantitative estimate of drug-likeness (QED) is 0.850. The topological polar surface area (TPSA) is 59.1 Å². The third-order valence-electron chi connectivity index (χ3n) is 4.62. The molecule has 132 valence electrons. The monoisotopic (exact) mass is 350 g/mol. The minimum Gasteiger partial charge on any atom is -0.454 e. The molecule has 2 aliphatic rings. The molecule has 4 rings (SSSR count). The van der Waals surface area contributed by atoms with Crippen molar-refractivity contribution in [3.05, 3.63) is 65.7 Å². The summed E-state index contributed by atoms with van der Waals surface area (Å²) in [6.45, 7) is 4.56. The van der Waals surface area contributed by atoms with Crippen molar-refractivity contribution in [1.82, 2.24) is 9.80 Å². The number of likely N-dealkylation sites (N-methyl/N-ethyl adjacent to an activating group) is 1. The Kier molecular flexibility index (Phi) is 3.88. The van der Waals surface area contributed by atoms with Crippen molar-refractivity contribution in [2.24, 2.45) is 0 Å². The molecule has 2 amide bonds. The Labute approximate surface area is 151 Å². The molecule has 2 aromatic rings. The molecular weight excluding hydrogens is 332 g/mol. The van der Waals surface area contributed by atoms with Crippen LogP contribution in [0, 0.1) is 0 Å².